The van der Waals surface area contributed by atoms with Crippen molar-refractivity contribution in [2.45, 2.75) is 33.2 Å². The van der Waals surface area contributed by atoms with Crippen LogP contribution >= 0.6 is 0 Å². The molecule has 4 heteroatoms. The summed E-state index contributed by atoms with van der Waals surface area (Å²) >= 11 is 0. The van der Waals surface area contributed by atoms with Crippen LogP contribution in [0.3, 0.4) is 0 Å². The molecule has 0 fully saturated rings. The topological polar surface area (TPSA) is 47.6 Å². The van der Waals surface area contributed by atoms with Crippen LogP contribution in [0, 0.1) is 0 Å². The molecule has 0 atom stereocenters. The van der Waals surface area contributed by atoms with Crippen LogP contribution in [0.1, 0.15) is 42.6 Å². The fourth-order valence-electron chi connectivity index (χ4n) is 2.19. The van der Waals surface area contributed by atoms with Crippen molar-refractivity contribution < 1.29 is 14.3 Å². The minimum atomic E-state index is -0.123. The highest BCUT2D eigenvalue weighted by atomic mass is 16.5. The highest BCUT2D eigenvalue weighted by molar-refractivity contribution is 5.94. The lowest BCUT2D eigenvalue weighted by atomic mass is 10.1. The number of hydrogen-bond donors (Lipinski definition) is 1. The third kappa shape index (κ3) is 5.30. The van der Waals surface area contributed by atoms with Crippen molar-refractivity contribution in [3.63, 3.8) is 0 Å². The minimum absolute atomic E-state index is 0.123. The van der Waals surface area contributed by atoms with E-state index in [9.17, 15) is 4.79 Å². The first-order valence-corrected chi connectivity index (χ1v) is 8.46. The third-order valence-corrected chi connectivity index (χ3v) is 3.43. The molecule has 2 aromatic rings. The summed E-state index contributed by atoms with van der Waals surface area (Å²) in [5.74, 6) is 1.19. The van der Waals surface area contributed by atoms with Crippen molar-refractivity contribution in [2.75, 3.05) is 13.2 Å². The number of hydrogen-bond acceptors (Lipinski definition) is 3. The van der Waals surface area contributed by atoms with Gasteiger partial charge in [0, 0.05) is 12.1 Å². The van der Waals surface area contributed by atoms with E-state index in [0.717, 1.165) is 18.4 Å². The zero-order valence-electron chi connectivity index (χ0n) is 14.4. The van der Waals surface area contributed by atoms with Gasteiger partial charge in [-0.05, 0) is 36.6 Å². The van der Waals surface area contributed by atoms with Crippen LogP contribution in [-0.2, 0) is 6.54 Å². The summed E-state index contributed by atoms with van der Waals surface area (Å²) in [5.41, 5.74) is 1.64. The van der Waals surface area contributed by atoms with Gasteiger partial charge in [-0.1, -0.05) is 44.2 Å². The van der Waals surface area contributed by atoms with E-state index >= 15 is 0 Å². The molecular weight excluding hydrogens is 302 g/mol. The average Bonchev–Trinajstić information content (AvgIpc) is 2.63. The molecule has 0 aliphatic carbocycles. The molecule has 2 rings (SSSR count). The molecule has 1 N–H and O–H groups in total. The Balaban J connectivity index is 2.06. The molecule has 0 unspecified atom stereocenters. The lowest BCUT2D eigenvalue weighted by Gasteiger charge is -2.13. The molecule has 0 aromatic heterocycles. The normalized spacial score (nSPS) is 10.2. The van der Waals surface area contributed by atoms with Gasteiger partial charge in [0.15, 0.2) is 11.5 Å². The van der Waals surface area contributed by atoms with Crippen LogP contribution in [-0.4, -0.2) is 19.1 Å². The average molecular weight is 327 g/mol. The predicted octanol–water partition coefficient (Wildman–Crippen LogP) is 4.19. The molecule has 0 aliphatic rings. The Morgan fingerprint density at radius 1 is 0.917 bits per heavy atom. The summed E-state index contributed by atoms with van der Waals surface area (Å²) in [7, 11) is 0. The first-order chi connectivity index (χ1) is 11.7. The molecule has 0 spiro atoms. The molecule has 0 heterocycles. The van der Waals surface area contributed by atoms with Crippen LogP contribution in [0.5, 0.6) is 11.5 Å². The monoisotopic (exact) mass is 327 g/mol. The molecule has 2 aromatic carbocycles. The fraction of sp³-hybridized carbons (Fsp3) is 0.350. The van der Waals surface area contributed by atoms with Gasteiger partial charge < -0.3 is 14.8 Å². The molecule has 0 saturated carbocycles. The van der Waals surface area contributed by atoms with Crippen molar-refractivity contribution in [1.82, 2.24) is 5.32 Å². The molecule has 0 bridgehead atoms. The van der Waals surface area contributed by atoms with E-state index in [4.69, 9.17) is 9.47 Å². The summed E-state index contributed by atoms with van der Waals surface area (Å²) in [6, 6.07) is 15.2. The van der Waals surface area contributed by atoms with E-state index in [1.807, 2.05) is 37.3 Å². The van der Waals surface area contributed by atoms with Crippen molar-refractivity contribution in [2.24, 2.45) is 0 Å². The Morgan fingerprint density at radius 3 is 2.25 bits per heavy atom. The Labute approximate surface area is 143 Å². The fourth-order valence-corrected chi connectivity index (χ4v) is 2.19. The summed E-state index contributed by atoms with van der Waals surface area (Å²) in [5, 5.41) is 2.93. The second kappa shape index (κ2) is 9.60. The Bertz CT molecular complexity index is 641. The lowest BCUT2D eigenvalue weighted by molar-refractivity contribution is 0.0950. The number of benzene rings is 2. The van der Waals surface area contributed by atoms with Crippen molar-refractivity contribution >= 4 is 5.91 Å². The van der Waals surface area contributed by atoms with Gasteiger partial charge in [0.2, 0.25) is 0 Å². The zero-order chi connectivity index (χ0) is 17.2. The van der Waals surface area contributed by atoms with Crippen molar-refractivity contribution in [3.05, 3.63) is 59.7 Å². The van der Waals surface area contributed by atoms with Crippen LogP contribution < -0.4 is 14.8 Å². The maximum absolute atomic E-state index is 12.4. The highest BCUT2D eigenvalue weighted by Crippen LogP contribution is 2.29. The van der Waals surface area contributed by atoms with E-state index in [1.54, 1.807) is 18.2 Å². The van der Waals surface area contributed by atoms with Crippen molar-refractivity contribution in [1.29, 1.82) is 0 Å². The highest BCUT2D eigenvalue weighted by Gasteiger charge is 2.11. The first kappa shape index (κ1) is 17.9. The van der Waals surface area contributed by atoms with Crippen LogP contribution in [0.25, 0.3) is 0 Å². The maximum Gasteiger partial charge on any atom is 0.251 e. The number of amides is 1. The molecular formula is C20H25NO3. The number of carbonyl (C=O) groups excluding carboxylic acids is 1. The number of nitrogens with one attached hydrogen (secondary N) is 1. The van der Waals surface area contributed by atoms with E-state index in [1.165, 1.54) is 0 Å². The van der Waals surface area contributed by atoms with E-state index in [-0.39, 0.29) is 5.91 Å². The number of carbonyl (C=O) groups is 1. The second-order valence-corrected chi connectivity index (χ2v) is 5.53. The molecule has 1 amide bonds. The Kier molecular flexibility index (Phi) is 7.15. The zero-order valence-corrected chi connectivity index (χ0v) is 14.4. The predicted molar refractivity (Wildman–Crippen MR) is 95.6 cm³/mol. The molecule has 128 valence electrons. The Hall–Kier alpha value is -2.49. The number of rotatable bonds is 9. The van der Waals surface area contributed by atoms with Gasteiger partial charge in [0.25, 0.3) is 5.91 Å². The van der Waals surface area contributed by atoms with Gasteiger partial charge in [-0.2, -0.15) is 0 Å². The standard InChI is InChI=1S/C20H25NO3/c1-3-12-23-18-11-10-17(14-19(18)24-13-4-2)20(22)21-15-16-8-6-5-7-9-16/h5-11,14H,3-4,12-13,15H2,1-2H3,(H,21,22). The maximum atomic E-state index is 12.4. The summed E-state index contributed by atoms with van der Waals surface area (Å²) in [4.78, 5) is 12.4. The van der Waals surface area contributed by atoms with Crippen LogP contribution in [0.2, 0.25) is 0 Å². The first-order valence-electron chi connectivity index (χ1n) is 8.46. The molecule has 0 saturated heterocycles. The van der Waals surface area contributed by atoms with E-state index in [2.05, 4.69) is 12.2 Å². The lowest BCUT2D eigenvalue weighted by Crippen LogP contribution is -2.22. The van der Waals surface area contributed by atoms with Crippen LogP contribution in [0.4, 0.5) is 0 Å². The van der Waals surface area contributed by atoms with Gasteiger partial charge in [-0.25, -0.2) is 0 Å². The van der Waals surface area contributed by atoms with E-state index in [0.29, 0.717) is 36.8 Å². The van der Waals surface area contributed by atoms with Crippen molar-refractivity contribution in [3.8, 4) is 11.5 Å². The SMILES string of the molecule is CCCOc1ccc(C(=O)NCc2ccccc2)cc1OCCC. The summed E-state index contributed by atoms with van der Waals surface area (Å²) in [6.45, 7) is 5.82. The largest absolute Gasteiger partial charge is 0.490 e. The molecule has 0 aliphatic heterocycles. The summed E-state index contributed by atoms with van der Waals surface area (Å²) in [6.07, 6.45) is 1.82. The van der Waals surface area contributed by atoms with Gasteiger partial charge in [0.05, 0.1) is 13.2 Å². The van der Waals surface area contributed by atoms with Gasteiger partial charge in [-0.15, -0.1) is 0 Å². The quantitative estimate of drug-likeness (QED) is 0.751. The Morgan fingerprint density at radius 2 is 1.58 bits per heavy atom. The molecule has 24 heavy (non-hydrogen) atoms. The molecule has 4 nitrogen and oxygen atoms in total. The minimum Gasteiger partial charge on any atom is -0.490 e. The van der Waals surface area contributed by atoms with E-state index < -0.39 is 0 Å². The molecule has 0 radical (unpaired) electrons. The van der Waals surface area contributed by atoms with Gasteiger partial charge in [0.1, 0.15) is 0 Å². The van der Waals surface area contributed by atoms with Gasteiger partial charge >= 0.3 is 0 Å². The smallest absolute Gasteiger partial charge is 0.251 e. The second-order valence-electron chi connectivity index (χ2n) is 5.53. The van der Waals surface area contributed by atoms with Gasteiger partial charge in [-0.3, -0.25) is 4.79 Å². The van der Waals surface area contributed by atoms with Crippen LogP contribution in [0.15, 0.2) is 48.5 Å². The number of ether oxygens (including phenoxy) is 2. The third-order valence-electron chi connectivity index (χ3n) is 3.43. The summed E-state index contributed by atoms with van der Waals surface area (Å²) < 4.78 is 11.4.